The maximum absolute atomic E-state index is 11.7. The van der Waals surface area contributed by atoms with Gasteiger partial charge in [0.05, 0.1) is 0 Å². The lowest BCUT2D eigenvalue weighted by Gasteiger charge is -2.19. The van der Waals surface area contributed by atoms with Crippen molar-refractivity contribution in [3.8, 4) is 0 Å². The molecule has 0 bridgehead atoms. The molecule has 0 atom stereocenters. The van der Waals surface area contributed by atoms with Gasteiger partial charge in [0, 0.05) is 5.69 Å². The van der Waals surface area contributed by atoms with Gasteiger partial charge in [0.15, 0.2) is 0 Å². The zero-order chi connectivity index (χ0) is 17.1. The number of carbonyl (C=O) groups excluding carboxylic acids is 1. The summed E-state index contributed by atoms with van der Waals surface area (Å²) in [7, 11) is 0. The van der Waals surface area contributed by atoms with Crippen LogP contribution in [0.3, 0.4) is 0 Å². The monoisotopic (exact) mass is 319 g/mol. The smallest absolute Gasteiger partial charge is 0.325 e. The first-order chi connectivity index (χ1) is 10.9. The van der Waals surface area contributed by atoms with E-state index in [-0.39, 0.29) is 12.5 Å². The Morgan fingerprint density at radius 1 is 1.00 bits per heavy atom. The predicted molar refractivity (Wildman–Crippen MR) is 97.9 cm³/mol. The Labute approximate surface area is 141 Å². The number of hydrogen-bond donors (Lipinski definition) is 1. The molecule has 1 aromatic carbocycles. The Hall–Kier alpha value is -1.51. The van der Waals surface area contributed by atoms with Crippen molar-refractivity contribution in [2.24, 2.45) is 0 Å². The fourth-order valence-electron chi connectivity index (χ4n) is 2.45. The topological polar surface area (TPSA) is 38.3 Å². The number of esters is 1. The van der Waals surface area contributed by atoms with Gasteiger partial charge in [0.1, 0.15) is 12.1 Å². The summed E-state index contributed by atoms with van der Waals surface area (Å²) in [6.45, 7) is 8.08. The summed E-state index contributed by atoms with van der Waals surface area (Å²) in [5.41, 5.74) is 1.89. The number of hydrogen-bond acceptors (Lipinski definition) is 3. The second-order valence-electron chi connectivity index (χ2n) is 7.15. The molecule has 0 saturated heterocycles. The number of nitrogens with one attached hydrogen (secondary N) is 1. The molecule has 0 aliphatic rings. The highest BCUT2D eigenvalue weighted by Gasteiger charge is 2.15. The first kappa shape index (κ1) is 19.5. The Bertz CT molecular complexity index is 446. The number of unbranched alkanes of at least 4 members (excludes halogenated alkanes) is 5. The number of rotatable bonds is 10. The molecule has 1 aromatic rings. The molecule has 0 aromatic heterocycles. The van der Waals surface area contributed by atoms with Crippen LogP contribution in [-0.2, 0) is 16.0 Å². The zero-order valence-electron chi connectivity index (χ0n) is 15.3. The minimum absolute atomic E-state index is 0.202. The molecule has 1 N–H and O–H groups in total. The van der Waals surface area contributed by atoms with E-state index in [0.717, 1.165) is 12.1 Å². The summed E-state index contributed by atoms with van der Waals surface area (Å²) < 4.78 is 5.28. The fourth-order valence-corrected chi connectivity index (χ4v) is 2.45. The van der Waals surface area contributed by atoms with Crippen LogP contribution in [-0.4, -0.2) is 18.1 Å². The summed E-state index contributed by atoms with van der Waals surface area (Å²) >= 11 is 0. The third-order valence-electron chi connectivity index (χ3n) is 3.63. The van der Waals surface area contributed by atoms with Gasteiger partial charge in [-0.25, -0.2) is 0 Å². The molecule has 0 aliphatic heterocycles. The van der Waals surface area contributed by atoms with E-state index in [0.29, 0.717) is 0 Å². The Morgan fingerprint density at radius 2 is 1.61 bits per heavy atom. The molecule has 0 radical (unpaired) electrons. The van der Waals surface area contributed by atoms with Crippen LogP contribution in [0.25, 0.3) is 0 Å². The zero-order valence-corrected chi connectivity index (χ0v) is 15.3. The van der Waals surface area contributed by atoms with Gasteiger partial charge < -0.3 is 10.1 Å². The molecule has 0 unspecified atom stereocenters. The molecule has 0 amide bonds. The Morgan fingerprint density at radius 3 is 2.22 bits per heavy atom. The highest BCUT2D eigenvalue weighted by molar-refractivity contribution is 5.75. The van der Waals surface area contributed by atoms with Gasteiger partial charge >= 0.3 is 5.97 Å². The van der Waals surface area contributed by atoms with Crippen molar-refractivity contribution in [1.82, 2.24) is 0 Å². The number of aryl methyl sites for hydroxylation is 1. The van der Waals surface area contributed by atoms with Crippen molar-refractivity contribution in [2.75, 3.05) is 11.9 Å². The van der Waals surface area contributed by atoms with Crippen molar-refractivity contribution in [3.63, 3.8) is 0 Å². The summed E-state index contributed by atoms with van der Waals surface area (Å²) in [5.74, 6) is -0.228. The molecule has 23 heavy (non-hydrogen) atoms. The standard InChI is InChI=1S/C20H33NO2/c1-5-6-7-8-9-10-11-17-12-14-18(15-13-17)21-16-19(22)23-20(2,3)4/h12-15,21H,5-11,16H2,1-4H3. The lowest BCUT2D eigenvalue weighted by Crippen LogP contribution is -2.28. The Balaban J connectivity index is 2.24. The van der Waals surface area contributed by atoms with E-state index in [1.807, 2.05) is 32.9 Å². The van der Waals surface area contributed by atoms with E-state index >= 15 is 0 Å². The Kier molecular flexibility index (Phi) is 8.75. The van der Waals surface area contributed by atoms with Gasteiger partial charge in [0.2, 0.25) is 0 Å². The lowest BCUT2D eigenvalue weighted by molar-refractivity contribution is -0.152. The highest BCUT2D eigenvalue weighted by Crippen LogP contribution is 2.14. The van der Waals surface area contributed by atoms with Gasteiger partial charge in [-0.1, -0.05) is 51.2 Å². The van der Waals surface area contributed by atoms with Crippen molar-refractivity contribution in [3.05, 3.63) is 29.8 Å². The van der Waals surface area contributed by atoms with Gasteiger partial charge in [0.25, 0.3) is 0 Å². The van der Waals surface area contributed by atoms with E-state index in [9.17, 15) is 4.79 Å². The van der Waals surface area contributed by atoms with Crippen molar-refractivity contribution >= 4 is 11.7 Å². The second kappa shape index (κ2) is 10.3. The van der Waals surface area contributed by atoms with Crippen LogP contribution in [0.15, 0.2) is 24.3 Å². The van der Waals surface area contributed by atoms with Crippen molar-refractivity contribution in [1.29, 1.82) is 0 Å². The average molecular weight is 319 g/mol. The lowest BCUT2D eigenvalue weighted by atomic mass is 10.0. The van der Waals surface area contributed by atoms with Gasteiger partial charge in [-0.15, -0.1) is 0 Å². The van der Waals surface area contributed by atoms with Crippen LogP contribution in [0, 0.1) is 0 Å². The molecule has 3 nitrogen and oxygen atoms in total. The third-order valence-corrected chi connectivity index (χ3v) is 3.63. The van der Waals surface area contributed by atoms with Crippen LogP contribution in [0.1, 0.15) is 71.8 Å². The number of carbonyl (C=O) groups is 1. The van der Waals surface area contributed by atoms with Gasteiger partial charge in [-0.05, 0) is 51.3 Å². The van der Waals surface area contributed by atoms with Crippen LogP contribution in [0.2, 0.25) is 0 Å². The van der Waals surface area contributed by atoms with Gasteiger partial charge in [-0.3, -0.25) is 4.79 Å². The van der Waals surface area contributed by atoms with Crippen LogP contribution in [0.5, 0.6) is 0 Å². The number of ether oxygens (including phenoxy) is 1. The molecule has 1 rings (SSSR count). The molecule has 0 aliphatic carbocycles. The summed E-state index contributed by atoms with van der Waals surface area (Å²) in [5, 5.41) is 3.11. The summed E-state index contributed by atoms with van der Waals surface area (Å²) in [6, 6.07) is 8.36. The average Bonchev–Trinajstić information content (AvgIpc) is 2.48. The van der Waals surface area contributed by atoms with E-state index in [1.54, 1.807) is 0 Å². The van der Waals surface area contributed by atoms with Crippen LogP contribution < -0.4 is 5.32 Å². The molecule has 0 saturated carbocycles. The quantitative estimate of drug-likeness (QED) is 0.467. The molecular formula is C20H33NO2. The van der Waals surface area contributed by atoms with Crippen molar-refractivity contribution < 1.29 is 9.53 Å². The maximum atomic E-state index is 11.7. The number of benzene rings is 1. The summed E-state index contributed by atoms with van der Waals surface area (Å²) in [6.07, 6.45) is 9.09. The first-order valence-electron chi connectivity index (χ1n) is 8.95. The van der Waals surface area contributed by atoms with Gasteiger partial charge in [-0.2, -0.15) is 0 Å². The third kappa shape index (κ3) is 9.98. The minimum atomic E-state index is -0.431. The first-order valence-corrected chi connectivity index (χ1v) is 8.95. The van der Waals surface area contributed by atoms with E-state index in [4.69, 9.17) is 4.74 Å². The second-order valence-corrected chi connectivity index (χ2v) is 7.15. The summed E-state index contributed by atoms with van der Waals surface area (Å²) in [4.78, 5) is 11.7. The largest absolute Gasteiger partial charge is 0.459 e. The molecule has 0 heterocycles. The molecule has 0 fully saturated rings. The minimum Gasteiger partial charge on any atom is -0.459 e. The molecular weight excluding hydrogens is 286 g/mol. The van der Waals surface area contributed by atoms with E-state index < -0.39 is 5.60 Å². The predicted octanol–water partition coefficient (Wildman–Crippen LogP) is 5.34. The molecule has 0 spiro atoms. The normalized spacial score (nSPS) is 11.3. The fraction of sp³-hybridized carbons (Fsp3) is 0.650. The van der Waals surface area contributed by atoms with E-state index in [2.05, 4.69) is 24.4 Å². The number of anilines is 1. The van der Waals surface area contributed by atoms with Crippen LogP contribution >= 0.6 is 0 Å². The molecule has 130 valence electrons. The highest BCUT2D eigenvalue weighted by atomic mass is 16.6. The maximum Gasteiger partial charge on any atom is 0.325 e. The van der Waals surface area contributed by atoms with E-state index in [1.165, 1.54) is 44.1 Å². The molecule has 3 heteroatoms. The SMILES string of the molecule is CCCCCCCCc1ccc(NCC(=O)OC(C)(C)C)cc1. The van der Waals surface area contributed by atoms with Crippen LogP contribution in [0.4, 0.5) is 5.69 Å². The van der Waals surface area contributed by atoms with Crippen molar-refractivity contribution in [2.45, 2.75) is 78.2 Å².